The van der Waals surface area contributed by atoms with E-state index < -0.39 is 6.61 Å². The molecule has 2 aromatic heterocycles. The monoisotopic (exact) mass is 367 g/mol. The number of aryl methyl sites for hydroxylation is 1. The summed E-state index contributed by atoms with van der Waals surface area (Å²) in [5.41, 5.74) is 1.78. The van der Waals surface area contributed by atoms with Crippen LogP contribution < -0.4 is 20.3 Å². The molecule has 1 N–H and O–H groups in total. The lowest BCUT2D eigenvalue weighted by atomic mass is 10.2. The quantitative estimate of drug-likeness (QED) is 0.724. The Morgan fingerprint density at radius 2 is 2.12 bits per heavy atom. The third-order valence-electron chi connectivity index (χ3n) is 3.48. The number of aromatic nitrogens is 2. The summed E-state index contributed by atoms with van der Waals surface area (Å²) >= 11 is 1.38. The lowest BCUT2D eigenvalue weighted by molar-refractivity contribution is -0.0511. The van der Waals surface area contributed by atoms with Gasteiger partial charge in [0.1, 0.15) is 0 Å². The van der Waals surface area contributed by atoms with Gasteiger partial charge in [-0.25, -0.2) is 4.98 Å². The predicted octanol–water partition coefficient (Wildman–Crippen LogP) is 3.29. The molecule has 3 rings (SSSR count). The minimum atomic E-state index is -2.95. The van der Waals surface area contributed by atoms with E-state index in [1.165, 1.54) is 41.0 Å². The average molecular weight is 367 g/mol. The molecule has 0 saturated carbocycles. The first-order chi connectivity index (χ1) is 12.0. The third kappa shape index (κ3) is 3.71. The first-order valence-electron chi connectivity index (χ1n) is 7.31. The van der Waals surface area contributed by atoms with Crippen LogP contribution in [0.25, 0.3) is 4.96 Å². The van der Waals surface area contributed by atoms with E-state index in [2.05, 4.69) is 15.0 Å². The number of halogens is 2. The first-order valence-corrected chi connectivity index (χ1v) is 8.19. The second-order valence-corrected chi connectivity index (χ2v) is 6.02. The molecule has 9 heteroatoms. The molecule has 0 amide bonds. The van der Waals surface area contributed by atoms with E-state index in [1.807, 2.05) is 12.3 Å². The molecule has 1 aromatic carbocycles. The number of fused-ring (bicyclic) bond motifs is 1. The van der Waals surface area contributed by atoms with Crippen molar-refractivity contribution in [2.24, 2.45) is 0 Å². The van der Waals surface area contributed by atoms with Gasteiger partial charge in [0.2, 0.25) is 0 Å². The fourth-order valence-electron chi connectivity index (χ4n) is 2.36. The van der Waals surface area contributed by atoms with Crippen molar-refractivity contribution < 1.29 is 18.3 Å². The molecule has 25 heavy (non-hydrogen) atoms. The van der Waals surface area contributed by atoms with Crippen LogP contribution in [0.15, 0.2) is 34.4 Å². The second kappa shape index (κ2) is 7.06. The van der Waals surface area contributed by atoms with Crippen molar-refractivity contribution >= 4 is 22.0 Å². The van der Waals surface area contributed by atoms with Crippen LogP contribution in [0, 0.1) is 6.92 Å². The van der Waals surface area contributed by atoms with Gasteiger partial charge in [-0.15, -0.1) is 11.3 Å². The highest BCUT2D eigenvalue weighted by Crippen LogP contribution is 2.31. The summed E-state index contributed by atoms with van der Waals surface area (Å²) < 4.78 is 35.9. The standard InChI is InChI=1S/C16H15F2N3O3S/c1-9-8-25-16-20-11(6-14(22)21(9)16)7-19-10-3-4-12(23-2)13(5-10)24-15(17)18/h3-6,8,15,19H,7H2,1-2H3. The summed E-state index contributed by atoms with van der Waals surface area (Å²) in [6, 6.07) is 6.04. The number of anilines is 1. The highest BCUT2D eigenvalue weighted by Gasteiger charge is 2.12. The molecule has 0 aliphatic heterocycles. The minimum Gasteiger partial charge on any atom is -0.493 e. The molecule has 0 unspecified atom stereocenters. The van der Waals surface area contributed by atoms with Crippen LogP contribution in [0.3, 0.4) is 0 Å². The zero-order valence-corrected chi connectivity index (χ0v) is 14.3. The first kappa shape index (κ1) is 17.2. The van der Waals surface area contributed by atoms with Crippen molar-refractivity contribution in [1.82, 2.24) is 9.38 Å². The molecule has 0 aliphatic rings. The summed E-state index contributed by atoms with van der Waals surface area (Å²) in [6.45, 7) is -0.842. The highest BCUT2D eigenvalue weighted by molar-refractivity contribution is 7.15. The number of ether oxygens (including phenoxy) is 2. The van der Waals surface area contributed by atoms with Crippen LogP contribution in [0.1, 0.15) is 11.4 Å². The number of methoxy groups -OCH3 is 1. The molecule has 0 saturated heterocycles. The normalized spacial score (nSPS) is 11.1. The van der Waals surface area contributed by atoms with Crippen LogP contribution >= 0.6 is 11.3 Å². The van der Waals surface area contributed by atoms with Crippen molar-refractivity contribution in [3.8, 4) is 11.5 Å². The number of nitrogens with zero attached hydrogens (tertiary/aromatic N) is 2. The largest absolute Gasteiger partial charge is 0.493 e. The van der Waals surface area contributed by atoms with Gasteiger partial charge < -0.3 is 14.8 Å². The molecule has 6 nitrogen and oxygen atoms in total. The number of hydrogen-bond acceptors (Lipinski definition) is 6. The summed E-state index contributed by atoms with van der Waals surface area (Å²) in [6.07, 6.45) is 0. The van der Waals surface area contributed by atoms with E-state index in [0.717, 1.165) is 5.69 Å². The van der Waals surface area contributed by atoms with Crippen LogP contribution in [-0.4, -0.2) is 23.1 Å². The Balaban J connectivity index is 1.80. The number of rotatable bonds is 6. The van der Waals surface area contributed by atoms with Gasteiger partial charge in [-0.1, -0.05) is 0 Å². The molecule has 0 fully saturated rings. The van der Waals surface area contributed by atoms with Gasteiger partial charge in [0.05, 0.1) is 19.3 Å². The molecule has 0 spiro atoms. The maximum absolute atomic E-state index is 12.5. The molecular weight excluding hydrogens is 352 g/mol. The van der Waals surface area contributed by atoms with Gasteiger partial charge >= 0.3 is 6.61 Å². The number of alkyl halides is 2. The number of thiazole rings is 1. The lowest BCUT2D eigenvalue weighted by Gasteiger charge is -2.12. The van der Waals surface area contributed by atoms with E-state index in [9.17, 15) is 13.6 Å². The van der Waals surface area contributed by atoms with Gasteiger partial charge in [-0.05, 0) is 19.1 Å². The Labute approximate surface area is 145 Å². The van der Waals surface area contributed by atoms with E-state index in [1.54, 1.807) is 6.07 Å². The van der Waals surface area contributed by atoms with E-state index in [4.69, 9.17) is 4.74 Å². The average Bonchev–Trinajstić information content (AvgIpc) is 2.94. The summed E-state index contributed by atoms with van der Waals surface area (Å²) in [7, 11) is 1.37. The Bertz CT molecular complexity index is 955. The Hall–Kier alpha value is -2.68. The third-order valence-corrected chi connectivity index (χ3v) is 4.43. The summed E-state index contributed by atoms with van der Waals surface area (Å²) in [5.74, 6) is 0.137. The van der Waals surface area contributed by atoms with Crippen LogP contribution in [0.4, 0.5) is 14.5 Å². The van der Waals surface area contributed by atoms with Gasteiger partial charge in [0.25, 0.3) is 5.56 Å². The van der Waals surface area contributed by atoms with Crippen molar-refractivity contribution in [3.63, 3.8) is 0 Å². The van der Waals surface area contributed by atoms with E-state index in [0.29, 0.717) is 16.3 Å². The SMILES string of the molecule is COc1ccc(NCc2cc(=O)n3c(C)csc3n2)cc1OC(F)F. The zero-order chi connectivity index (χ0) is 18.0. The second-order valence-electron chi connectivity index (χ2n) is 5.18. The predicted molar refractivity (Wildman–Crippen MR) is 91.0 cm³/mol. The van der Waals surface area contributed by atoms with Crippen LogP contribution in [0.5, 0.6) is 11.5 Å². The number of nitrogens with one attached hydrogen (secondary N) is 1. The molecule has 0 radical (unpaired) electrons. The highest BCUT2D eigenvalue weighted by atomic mass is 32.1. The minimum absolute atomic E-state index is 0.0696. The Morgan fingerprint density at radius 3 is 2.84 bits per heavy atom. The molecule has 3 aromatic rings. The number of hydrogen-bond donors (Lipinski definition) is 1. The van der Waals surface area contributed by atoms with Gasteiger partial charge in [0.15, 0.2) is 16.5 Å². The molecule has 0 bridgehead atoms. The number of benzene rings is 1. The smallest absolute Gasteiger partial charge is 0.387 e. The fraction of sp³-hybridized carbons (Fsp3) is 0.250. The molecule has 132 valence electrons. The maximum atomic E-state index is 12.5. The summed E-state index contributed by atoms with van der Waals surface area (Å²) in [4.78, 5) is 17.2. The van der Waals surface area contributed by atoms with E-state index in [-0.39, 0.29) is 23.6 Å². The van der Waals surface area contributed by atoms with Crippen molar-refractivity contribution in [2.75, 3.05) is 12.4 Å². The lowest BCUT2D eigenvalue weighted by Crippen LogP contribution is -2.16. The Morgan fingerprint density at radius 1 is 1.32 bits per heavy atom. The molecule has 2 heterocycles. The van der Waals surface area contributed by atoms with E-state index >= 15 is 0 Å². The van der Waals surface area contributed by atoms with Gasteiger partial charge in [-0.3, -0.25) is 9.20 Å². The zero-order valence-electron chi connectivity index (χ0n) is 13.5. The van der Waals surface area contributed by atoms with Crippen LogP contribution in [-0.2, 0) is 6.54 Å². The van der Waals surface area contributed by atoms with Crippen molar-refractivity contribution in [2.45, 2.75) is 20.1 Å². The van der Waals surface area contributed by atoms with Gasteiger partial charge in [0, 0.05) is 28.9 Å². The fourth-order valence-corrected chi connectivity index (χ4v) is 3.25. The van der Waals surface area contributed by atoms with Crippen molar-refractivity contribution in [1.29, 1.82) is 0 Å². The molecular formula is C16H15F2N3O3S. The summed E-state index contributed by atoms with van der Waals surface area (Å²) in [5, 5.41) is 4.90. The molecule has 0 atom stereocenters. The van der Waals surface area contributed by atoms with Gasteiger partial charge in [-0.2, -0.15) is 8.78 Å². The van der Waals surface area contributed by atoms with Crippen molar-refractivity contribution in [3.05, 3.63) is 51.4 Å². The van der Waals surface area contributed by atoms with Crippen LogP contribution in [0.2, 0.25) is 0 Å². The Kier molecular flexibility index (Phi) is 4.84. The topological polar surface area (TPSA) is 64.9 Å². The molecule has 0 aliphatic carbocycles. The maximum Gasteiger partial charge on any atom is 0.387 e.